The second-order valence-corrected chi connectivity index (χ2v) is 6.98. The molecule has 5 rings (SSSR count). The predicted molar refractivity (Wildman–Crippen MR) is 105 cm³/mol. The van der Waals surface area contributed by atoms with Crippen LogP contribution in [0.5, 0.6) is 5.75 Å². The van der Waals surface area contributed by atoms with Crippen LogP contribution in [0.3, 0.4) is 0 Å². The summed E-state index contributed by atoms with van der Waals surface area (Å²) in [7, 11) is 0. The van der Waals surface area contributed by atoms with Crippen LogP contribution in [-0.2, 0) is 0 Å². The van der Waals surface area contributed by atoms with Crippen LogP contribution in [0.15, 0.2) is 77.3 Å². The van der Waals surface area contributed by atoms with Crippen molar-refractivity contribution >= 4 is 48.2 Å². The van der Waals surface area contributed by atoms with Crippen molar-refractivity contribution in [2.75, 3.05) is 0 Å². The average molecular weight is 373 g/mol. The number of rotatable bonds is 1. The van der Waals surface area contributed by atoms with E-state index in [0.29, 0.717) is 5.75 Å². The lowest BCUT2D eigenvalue weighted by Gasteiger charge is -2.15. The van der Waals surface area contributed by atoms with Gasteiger partial charge in [-0.15, -0.1) is 0 Å². The summed E-state index contributed by atoms with van der Waals surface area (Å²) < 4.78 is 1.12. The molecule has 0 saturated heterocycles. The number of aromatic hydroxyl groups is 1. The van der Waals surface area contributed by atoms with E-state index in [1.165, 1.54) is 37.9 Å². The number of hydrogen-bond acceptors (Lipinski definition) is 1. The maximum absolute atomic E-state index is 9.56. The van der Waals surface area contributed by atoms with Gasteiger partial charge in [0.05, 0.1) is 0 Å². The molecule has 5 aromatic carbocycles. The van der Waals surface area contributed by atoms with Crippen molar-refractivity contribution in [3.05, 3.63) is 77.3 Å². The van der Waals surface area contributed by atoms with Crippen molar-refractivity contribution in [2.24, 2.45) is 0 Å². The van der Waals surface area contributed by atoms with Crippen molar-refractivity contribution < 1.29 is 5.11 Å². The van der Waals surface area contributed by atoms with Crippen LogP contribution in [0.4, 0.5) is 0 Å². The van der Waals surface area contributed by atoms with Gasteiger partial charge in [0, 0.05) is 4.47 Å². The third kappa shape index (κ3) is 1.87. The highest BCUT2D eigenvalue weighted by atomic mass is 79.9. The fourth-order valence-corrected chi connectivity index (χ4v) is 4.12. The summed E-state index contributed by atoms with van der Waals surface area (Å²) in [6.07, 6.45) is 0. The molecule has 0 aromatic heterocycles. The van der Waals surface area contributed by atoms with Gasteiger partial charge >= 0.3 is 0 Å². The Balaban J connectivity index is 1.97. The van der Waals surface area contributed by atoms with Crippen LogP contribution in [0, 0.1) is 0 Å². The van der Waals surface area contributed by atoms with Gasteiger partial charge in [-0.1, -0.05) is 70.5 Å². The molecule has 2 heteroatoms. The molecule has 0 unspecified atom stereocenters. The second kappa shape index (κ2) is 4.96. The van der Waals surface area contributed by atoms with E-state index < -0.39 is 0 Å². The van der Waals surface area contributed by atoms with Crippen molar-refractivity contribution in [3.8, 4) is 16.9 Å². The van der Waals surface area contributed by atoms with Gasteiger partial charge in [0.2, 0.25) is 0 Å². The van der Waals surface area contributed by atoms with Gasteiger partial charge in [-0.2, -0.15) is 0 Å². The summed E-state index contributed by atoms with van der Waals surface area (Å²) in [5.74, 6) is 0.292. The number of phenols is 1. The molecule has 5 aromatic rings. The van der Waals surface area contributed by atoms with Crippen LogP contribution < -0.4 is 0 Å². The smallest absolute Gasteiger partial charge is 0.115 e. The average Bonchev–Trinajstić information content (AvgIpc) is 2.62. The highest BCUT2D eigenvalue weighted by molar-refractivity contribution is 9.10. The Morgan fingerprint density at radius 3 is 1.92 bits per heavy atom. The van der Waals surface area contributed by atoms with Gasteiger partial charge in [-0.25, -0.2) is 0 Å². The molecule has 0 spiro atoms. The van der Waals surface area contributed by atoms with Crippen molar-refractivity contribution in [3.63, 3.8) is 0 Å². The molecule has 0 aliphatic rings. The highest BCUT2D eigenvalue weighted by Crippen LogP contribution is 2.41. The maximum Gasteiger partial charge on any atom is 0.115 e. The molecule has 0 atom stereocenters. The van der Waals surface area contributed by atoms with Gasteiger partial charge < -0.3 is 5.11 Å². The molecule has 0 radical (unpaired) electrons. The van der Waals surface area contributed by atoms with Gasteiger partial charge in [0.1, 0.15) is 5.75 Å². The third-order valence-corrected chi connectivity index (χ3v) is 5.48. The topological polar surface area (TPSA) is 20.2 Å². The van der Waals surface area contributed by atoms with Crippen LogP contribution in [0.25, 0.3) is 43.4 Å². The molecule has 0 heterocycles. The molecule has 0 bridgehead atoms. The van der Waals surface area contributed by atoms with Crippen LogP contribution in [0.2, 0.25) is 0 Å². The van der Waals surface area contributed by atoms with Gasteiger partial charge in [-0.05, 0) is 61.6 Å². The maximum atomic E-state index is 9.56. The lowest BCUT2D eigenvalue weighted by molar-refractivity contribution is 0.475. The van der Waals surface area contributed by atoms with Crippen molar-refractivity contribution in [1.82, 2.24) is 0 Å². The molecule has 114 valence electrons. The molecule has 0 saturated carbocycles. The first-order valence-electron chi connectivity index (χ1n) is 7.88. The molecule has 0 aliphatic heterocycles. The Morgan fingerprint density at radius 1 is 0.583 bits per heavy atom. The summed E-state index contributed by atoms with van der Waals surface area (Å²) in [6, 6.07) is 24.8. The number of benzene rings is 5. The fourth-order valence-electron chi connectivity index (χ4n) is 3.66. The predicted octanol–water partition coefficient (Wildman–Crippen LogP) is 6.72. The number of phenolic OH excluding ortho intramolecular Hbond substituents is 1. The van der Waals surface area contributed by atoms with Crippen molar-refractivity contribution in [1.29, 1.82) is 0 Å². The molecule has 1 nitrogen and oxygen atoms in total. The largest absolute Gasteiger partial charge is 0.508 e. The summed E-state index contributed by atoms with van der Waals surface area (Å²) in [5.41, 5.74) is 2.31. The first-order chi connectivity index (χ1) is 11.7. The quantitative estimate of drug-likeness (QED) is 0.324. The van der Waals surface area contributed by atoms with Crippen LogP contribution in [0.1, 0.15) is 0 Å². The lowest BCUT2D eigenvalue weighted by Crippen LogP contribution is -1.87. The highest BCUT2D eigenvalue weighted by Gasteiger charge is 2.13. The Kier molecular flexibility index (Phi) is 2.85. The standard InChI is InChI=1S/C22H13BrO/c23-20-12-6-15-4-10-18-17(13-1-7-16(24)8-2-13)9-3-14-5-11-19(20)22(15)21(14)18/h1-12,24H. The minimum atomic E-state index is 0.292. The summed E-state index contributed by atoms with van der Waals surface area (Å²) in [6.45, 7) is 0. The monoisotopic (exact) mass is 372 g/mol. The van der Waals surface area contributed by atoms with Gasteiger partial charge in [0.15, 0.2) is 0 Å². The Morgan fingerprint density at radius 2 is 1.17 bits per heavy atom. The van der Waals surface area contributed by atoms with E-state index in [1.807, 2.05) is 12.1 Å². The van der Waals surface area contributed by atoms with Gasteiger partial charge in [-0.3, -0.25) is 0 Å². The van der Waals surface area contributed by atoms with E-state index in [9.17, 15) is 5.11 Å². The van der Waals surface area contributed by atoms with E-state index in [2.05, 4.69) is 64.5 Å². The van der Waals surface area contributed by atoms with Crippen LogP contribution in [-0.4, -0.2) is 5.11 Å². The molecular weight excluding hydrogens is 360 g/mol. The molecular formula is C22H13BrO. The summed E-state index contributed by atoms with van der Waals surface area (Å²) in [4.78, 5) is 0. The van der Waals surface area contributed by atoms with E-state index in [-0.39, 0.29) is 0 Å². The van der Waals surface area contributed by atoms with E-state index in [4.69, 9.17) is 0 Å². The molecule has 0 fully saturated rings. The minimum Gasteiger partial charge on any atom is -0.508 e. The normalized spacial score (nSPS) is 11.7. The third-order valence-electron chi connectivity index (χ3n) is 4.79. The SMILES string of the molecule is Oc1ccc(-c2ccc3ccc4c(Br)ccc5ccc2c3c54)cc1. The van der Waals surface area contributed by atoms with E-state index in [1.54, 1.807) is 12.1 Å². The molecule has 24 heavy (non-hydrogen) atoms. The second-order valence-electron chi connectivity index (χ2n) is 6.13. The number of halogens is 1. The minimum absolute atomic E-state index is 0.292. The Hall–Kier alpha value is -2.58. The molecule has 1 N–H and O–H groups in total. The van der Waals surface area contributed by atoms with E-state index in [0.717, 1.165) is 10.0 Å². The zero-order valence-corrected chi connectivity index (χ0v) is 14.3. The Labute approximate surface area is 147 Å². The first-order valence-corrected chi connectivity index (χ1v) is 8.67. The zero-order valence-electron chi connectivity index (χ0n) is 12.8. The van der Waals surface area contributed by atoms with Crippen molar-refractivity contribution in [2.45, 2.75) is 0 Å². The molecule has 0 aliphatic carbocycles. The summed E-state index contributed by atoms with van der Waals surface area (Å²) >= 11 is 3.68. The van der Waals surface area contributed by atoms with Gasteiger partial charge in [0.25, 0.3) is 0 Å². The van der Waals surface area contributed by atoms with Crippen LogP contribution >= 0.6 is 15.9 Å². The first kappa shape index (κ1) is 13.8. The fraction of sp³-hybridized carbons (Fsp3) is 0. The lowest BCUT2D eigenvalue weighted by atomic mass is 9.90. The van der Waals surface area contributed by atoms with E-state index >= 15 is 0 Å². The molecule has 0 amide bonds. The number of hydrogen-bond donors (Lipinski definition) is 1. The Bertz CT molecular complexity index is 1210. The summed E-state index contributed by atoms with van der Waals surface area (Å²) in [5, 5.41) is 17.2. The zero-order chi connectivity index (χ0) is 16.3.